The van der Waals surface area contributed by atoms with Gasteiger partial charge in [0.25, 0.3) is 5.88 Å². The monoisotopic (exact) mass is 408 g/mol. The van der Waals surface area contributed by atoms with E-state index in [1.807, 2.05) is 42.5 Å². The number of ether oxygens (including phenoxy) is 1. The van der Waals surface area contributed by atoms with Gasteiger partial charge < -0.3 is 15.0 Å². The molecule has 0 radical (unpaired) electrons. The first-order valence-electron chi connectivity index (χ1n) is 9.54. The van der Waals surface area contributed by atoms with Crippen LogP contribution in [0.5, 0.6) is 11.6 Å². The van der Waals surface area contributed by atoms with Gasteiger partial charge in [-0.15, -0.1) is 0 Å². The van der Waals surface area contributed by atoms with E-state index >= 15 is 0 Å². The zero-order chi connectivity index (χ0) is 20.1. The lowest BCUT2D eigenvalue weighted by Crippen LogP contribution is -2.38. The summed E-state index contributed by atoms with van der Waals surface area (Å²) in [7, 11) is 0. The van der Waals surface area contributed by atoms with Gasteiger partial charge in [0.2, 0.25) is 5.91 Å². The Hall–Kier alpha value is -3.12. The number of hydrogen-bond donors (Lipinski definition) is 1. The molecule has 1 N–H and O–H groups in total. The van der Waals surface area contributed by atoms with Crippen LogP contribution in [0.15, 0.2) is 67.0 Å². The highest BCUT2D eigenvalue weighted by atomic mass is 35.5. The Balaban J connectivity index is 1.38. The molecule has 7 heteroatoms. The van der Waals surface area contributed by atoms with Crippen molar-refractivity contribution in [2.45, 2.75) is 12.8 Å². The van der Waals surface area contributed by atoms with E-state index in [-0.39, 0.29) is 11.8 Å². The van der Waals surface area contributed by atoms with Crippen molar-refractivity contribution in [1.29, 1.82) is 0 Å². The Labute approximate surface area is 174 Å². The number of benzene rings is 2. The van der Waals surface area contributed by atoms with Crippen molar-refractivity contribution < 1.29 is 9.53 Å². The summed E-state index contributed by atoms with van der Waals surface area (Å²) < 4.78 is 5.92. The molecular weight excluding hydrogens is 388 g/mol. The van der Waals surface area contributed by atoms with Gasteiger partial charge in [-0.2, -0.15) is 0 Å². The van der Waals surface area contributed by atoms with Gasteiger partial charge in [-0.1, -0.05) is 29.8 Å². The molecule has 0 atom stereocenters. The maximum Gasteiger partial charge on any atom is 0.263 e. The van der Waals surface area contributed by atoms with Crippen LogP contribution >= 0.6 is 11.6 Å². The summed E-state index contributed by atoms with van der Waals surface area (Å²) in [6.45, 7) is 1.42. The number of piperidine rings is 1. The largest absolute Gasteiger partial charge is 0.436 e. The zero-order valence-corrected chi connectivity index (χ0v) is 16.5. The number of nitrogens with one attached hydrogen (secondary N) is 1. The molecule has 29 heavy (non-hydrogen) atoms. The minimum Gasteiger partial charge on any atom is -0.436 e. The molecule has 1 saturated heterocycles. The molecule has 2 heterocycles. The molecule has 148 valence electrons. The summed E-state index contributed by atoms with van der Waals surface area (Å²) >= 11 is 5.90. The van der Waals surface area contributed by atoms with Gasteiger partial charge in [0.1, 0.15) is 5.75 Å². The highest BCUT2D eigenvalue weighted by Gasteiger charge is 2.27. The second-order valence-electron chi connectivity index (χ2n) is 6.86. The first-order valence-corrected chi connectivity index (χ1v) is 9.92. The van der Waals surface area contributed by atoms with Gasteiger partial charge in [-0.25, -0.2) is 9.97 Å². The lowest BCUT2D eigenvalue weighted by Gasteiger charge is -2.32. The number of aromatic nitrogens is 2. The van der Waals surface area contributed by atoms with Gasteiger partial charge in [0.05, 0.1) is 0 Å². The van der Waals surface area contributed by atoms with E-state index in [0.717, 1.165) is 18.5 Å². The van der Waals surface area contributed by atoms with E-state index in [1.54, 1.807) is 24.5 Å². The second kappa shape index (κ2) is 8.92. The van der Waals surface area contributed by atoms with Gasteiger partial charge in [-0.3, -0.25) is 4.79 Å². The van der Waals surface area contributed by atoms with Crippen molar-refractivity contribution in [3.05, 3.63) is 72.0 Å². The van der Waals surface area contributed by atoms with Crippen LogP contribution in [0, 0.1) is 5.92 Å². The molecule has 0 unspecified atom stereocenters. The van der Waals surface area contributed by atoms with Gasteiger partial charge in [0, 0.05) is 42.1 Å². The predicted molar refractivity (Wildman–Crippen MR) is 114 cm³/mol. The second-order valence-corrected chi connectivity index (χ2v) is 7.29. The van der Waals surface area contributed by atoms with Crippen LogP contribution < -0.4 is 15.0 Å². The predicted octanol–water partition coefficient (Wildman–Crippen LogP) is 4.78. The third-order valence-electron chi connectivity index (χ3n) is 4.88. The summed E-state index contributed by atoms with van der Waals surface area (Å²) in [5.41, 5.74) is 0.759. The number of halogens is 1. The van der Waals surface area contributed by atoms with Crippen molar-refractivity contribution in [1.82, 2.24) is 9.97 Å². The fourth-order valence-corrected chi connectivity index (χ4v) is 3.46. The first kappa shape index (κ1) is 19.2. The highest BCUT2D eigenvalue weighted by molar-refractivity contribution is 6.30. The molecule has 1 fully saturated rings. The molecule has 6 nitrogen and oxygen atoms in total. The number of rotatable bonds is 5. The van der Waals surface area contributed by atoms with Crippen molar-refractivity contribution in [3.8, 4) is 11.6 Å². The van der Waals surface area contributed by atoms with Crippen molar-refractivity contribution in [2.24, 2.45) is 5.92 Å². The topological polar surface area (TPSA) is 67.4 Å². The molecule has 1 amide bonds. The van der Waals surface area contributed by atoms with Crippen LogP contribution in [-0.2, 0) is 4.79 Å². The maximum absolute atomic E-state index is 12.6. The van der Waals surface area contributed by atoms with E-state index in [1.165, 1.54) is 0 Å². The molecule has 4 rings (SSSR count). The lowest BCUT2D eigenvalue weighted by molar-refractivity contribution is -0.120. The van der Waals surface area contributed by atoms with Crippen LogP contribution in [-0.4, -0.2) is 29.0 Å². The molecule has 1 aliphatic rings. The zero-order valence-electron chi connectivity index (χ0n) is 15.8. The molecule has 0 bridgehead atoms. The summed E-state index contributed by atoms with van der Waals surface area (Å²) in [4.78, 5) is 23.5. The summed E-state index contributed by atoms with van der Waals surface area (Å²) in [6, 6.07) is 16.7. The van der Waals surface area contributed by atoms with Crippen molar-refractivity contribution in [3.63, 3.8) is 0 Å². The van der Waals surface area contributed by atoms with E-state index in [2.05, 4.69) is 20.2 Å². The number of para-hydroxylation sites is 1. The quantitative estimate of drug-likeness (QED) is 0.658. The number of nitrogens with zero attached hydrogens (tertiary/aromatic N) is 3. The minimum atomic E-state index is -0.0444. The number of hydrogen-bond acceptors (Lipinski definition) is 5. The van der Waals surface area contributed by atoms with Crippen molar-refractivity contribution >= 4 is 29.0 Å². The van der Waals surface area contributed by atoms with Crippen molar-refractivity contribution in [2.75, 3.05) is 23.3 Å². The molecule has 0 saturated carbocycles. The van der Waals surface area contributed by atoms with Crippen LogP contribution in [0.3, 0.4) is 0 Å². The Bertz CT molecular complexity index is 958. The SMILES string of the molecule is O=C(Nc1ccc(Cl)cc1)C1CCN(c2nccnc2Oc2ccccc2)CC1. The third kappa shape index (κ3) is 4.84. The van der Waals surface area contributed by atoms with Gasteiger partial charge >= 0.3 is 0 Å². The maximum atomic E-state index is 12.6. The molecular formula is C22H21ClN4O2. The normalized spacial score (nSPS) is 14.4. The van der Waals surface area contributed by atoms with Crippen LogP contribution in [0.4, 0.5) is 11.5 Å². The summed E-state index contributed by atoms with van der Waals surface area (Å²) in [5.74, 6) is 1.88. The van der Waals surface area contributed by atoms with Crippen LogP contribution in [0.1, 0.15) is 12.8 Å². The number of anilines is 2. The molecule has 1 aliphatic heterocycles. The highest BCUT2D eigenvalue weighted by Crippen LogP contribution is 2.31. The molecule has 3 aromatic rings. The molecule has 1 aromatic heterocycles. The Morgan fingerprint density at radius 3 is 2.41 bits per heavy atom. The van der Waals surface area contributed by atoms with E-state index in [0.29, 0.717) is 35.6 Å². The standard InChI is InChI=1S/C22H21ClN4O2/c23-17-6-8-18(9-7-17)26-21(28)16-10-14-27(15-11-16)20-22(25-13-12-24-20)29-19-4-2-1-3-5-19/h1-9,12-13,16H,10-11,14-15H2,(H,26,28). The van der Waals surface area contributed by atoms with E-state index in [4.69, 9.17) is 16.3 Å². The number of amides is 1. The lowest BCUT2D eigenvalue weighted by atomic mass is 9.96. The van der Waals surface area contributed by atoms with Gasteiger partial charge in [0.15, 0.2) is 5.82 Å². The summed E-state index contributed by atoms with van der Waals surface area (Å²) in [6.07, 6.45) is 4.75. The fraction of sp³-hybridized carbons (Fsp3) is 0.227. The van der Waals surface area contributed by atoms with E-state index < -0.39 is 0 Å². The molecule has 0 aliphatic carbocycles. The Morgan fingerprint density at radius 2 is 1.69 bits per heavy atom. The number of carbonyl (C=O) groups is 1. The van der Waals surface area contributed by atoms with E-state index in [9.17, 15) is 4.79 Å². The van der Waals surface area contributed by atoms with Crippen LogP contribution in [0.25, 0.3) is 0 Å². The fourth-order valence-electron chi connectivity index (χ4n) is 3.34. The average Bonchev–Trinajstić information content (AvgIpc) is 2.77. The minimum absolute atomic E-state index is 0.0341. The van der Waals surface area contributed by atoms with Gasteiger partial charge in [-0.05, 0) is 49.2 Å². The molecule has 0 spiro atoms. The van der Waals surface area contributed by atoms with Crippen LogP contribution in [0.2, 0.25) is 5.02 Å². The third-order valence-corrected chi connectivity index (χ3v) is 5.13. The summed E-state index contributed by atoms with van der Waals surface area (Å²) in [5, 5.41) is 3.62. The number of carbonyl (C=O) groups excluding carboxylic acids is 1. The first-order chi connectivity index (χ1) is 14.2. The smallest absolute Gasteiger partial charge is 0.263 e. The Kier molecular flexibility index (Phi) is 5.91. The molecule has 2 aromatic carbocycles. The average molecular weight is 409 g/mol. The Morgan fingerprint density at radius 1 is 1.00 bits per heavy atom.